The van der Waals surface area contributed by atoms with E-state index in [9.17, 15) is 10.0 Å². The predicted octanol–water partition coefficient (Wildman–Crippen LogP) is 2.40. The van der Waals surface area contributed by atoms with Crippen molar-refractivity contribution in [2.45, 2.75) is 11.8 Å². The SMILES string of the molecule is O=C(c1ccccc1)[N+]1([O-])CC(Cl)C2CC2C1. The summed E-state index contributed by atoms with van der Waals surface area (Å²) in [5.41, 5.74) is 0.491. The van der Waals surface area contributed by atoms with Crippen LogP contribution < -0.4 is 0 Å². The van der Waals surface area contributed by atoms with Gasteiger partial charge in [-0.2, -0.15) is 0 Å². The fourth-order valence-corrected chi connectivity index (χ4v) is 3.31. The number of hydrogen-bond acceptors (Lipinski definition) is 2. The Balaban J connectivity index is 1.85. The molecule has 4 unspecified atom stereocenters. The van der Waals surface area contributed by atoms with Gasteiger partial charge in [-0.25, -0.2) is 4.79 Å². The molecular weight excluding hydrogens is 238 g/mol. The number of amides is 1. The summed E-state index contributed by atoms with van der Waals surface area (Å²) in [6.07, 6.45) is 1.01. The van der Waals surface area contributed by atoms with Gasteiger partial charge in [-0.1, -0.05) is 18.2 Å². The number of carbonyl (C=O) groups excluding carboxylic acids is 1. The van der Waals surface area contributed by atoms with Gasteiger partial charge in [0.1, 0.15) is 6.54 Å². The zero-order chi connectivity index (χ0) is 12.0. The Morgan fingerprint density at radius 1 is 1.29 bits per heavy atom. The smallest absolute Gasteiger partial charge is 0.345 e. The highest BCUT2D eigenvalue weighted by Gasteiger charge is 2.54. The maximum atomic E-state index is 12.6. The molecule has 0 aromatic heterocycles. The van der Waals surface area contributed by atoms with Crippen LogP contribution >= 0.6 is 11.6 Å². The molecule has 17 heavy (non-hydrogen) atoms. The van der Waals surface area contributed by atoms with Crippen LogP contribution in [0, 0.1) is 17.0 Å². The third kappa shape index (κ3) is 1.88. The highest BCUT2D eigenvalue weighted by atomic mass is 35.5. The Labute approximate surface area is 105 Å². The summed E-state index contributed by atoms with van der Waals surface area (Å²) in [7, 11) is 0. The van der Waals surface area contributed by atoms with Gasteiger partial charge in [0.25, 0.3) is 0 Å². The second-order valence-electron chi connectivity index (χ2n) is 5.10. The second kappa shape index (κ2) is 3.80. The van der Waals surface area contributed by atoms with Crippen molar-refractivity contribution in [3.05, 3.63) is 41.1 Å². The first-order valence-corrected chi connectivity index (χ1v) is 6.36. The molecule has 1 aromatic carbocycles. The van der Waals surface area contributed by atoms with Gasteiger partial charge in [-0.15, -0.1) is 11.6 Å². The summed E-state index contributed by atoms with van der Waals surface area (Å²) in [5, 5.41) is 12.4. The lowest BCUT2D eigenvalue weighted by Gasteiger charge is -2.43. The van der Waals surface area contributed by atoms with E-state index in [-0.39, 0.29) is 17.8 Å². The molecule has 0 bridgehead atoms. The summed E-state index contributed by atoms with van der Waals surface area (Å²) >= 11 is 6.16. The van der Waals surface area contributed by atoms with Gasteiger partial charge in [0.2, 0.25) is 0 Å². The number of alkyl halides is 1. The van der Waals surface area contributed by atoms with Crippen molar-refractivity contribution in [2.24, 2.45) is 11.8 Å². The molecule has 1 amide bonds. The number of carbonyl (C=O) groups is 1. The standard InChI is InChI=1S/C13H14ClNO2/c14-12-8-15(17,7-10-6-11(10)12)13(16)9-4-2-1-3-5-9/h1-5,10-12H,6-8H2. The number of halogens is 1. The molecule has 1 saturated heterocycles. The average Bonchev–Trinajstić information content (AvgIpc) is 3.08. The molecule has 1 heterocycles. The molecule has 4 heteroatoms. The molecule has 90 valence electrons. The molecule has 3 nitrogen and oxygen atoms in total. The molecule has 4 atom stereocenters. The molecular formula is C13H14ClNO2. The van der Waals surface area contributed by atoms with E-state index in [1.54, 1.807) is 24.3 Å². The topological polar surface area (TPSA) is 40.1 Å². The molecule has 0 spiro atoms. The van der Waals surface area contributed by atoms with Crippen LogP contribution in [0.3, 0.4) is 0 Å². The molecule has 1 aliphatic heterocycles. The fraction of sp³-hybridized carbons (Fsp3) is 0.462. The number of nitrogens with zero attached hydrogens (tertiary/aromatic N) is 1. The first-order chi connectivity index (χ1) is 8.10. The number of hydrogen-bond donors (Lipinski definition) is 0. The minimum Gasteiger partial charge on any atom is -0.625 e. The van der Waals surface area contributed by atoms with Gasteiger partial charge in [0.05, 0.1) is 17.5 Å². The van der Waals surface area contributed by atoms with Crippen molar-refractivity contribution in [2.75, 3.05) is 13.1 Å². The lowest BCUT2D eigenvalue weighted by molar-refractivity contribution is -0.804. The van der Waals surface area contributed by atoms with E-state index in [2.05, 4.69) is 0 Å². The summed E-state index contributed by atoms with van der Waals surface area (Å²) in [5.74, 6) is 0.485. The quantitative estimate of drug-likeness (QED) is 0.437. The Morgan fingerprint density at radius 2 is 2.00 bits per heavy atom. The van der Waals surface area contributed by atoms with E-state index in [4.69, 9.17) is 11.6 Å². The van der Waals surface area contributed by atoms with E-state index in [1.807, 2.05) is 6.07 Å². The normalized spacial score (nSPS) is 39.5. The third-order valence-corrected chi connectivity index (χ3v) is 4.29. The Hall–Kier alpha value is -0.900. The summed E-state index contributed by atoms with van der Waals surface area (Å²) in [6.45, 7) is 0.623. The van der Waals surface area contributed by atoms with Crippen molar-refractivity contribution < 1.29 is 9.44 Å². The van der Waals surface area contributed by atoms with Crippen LogP contribution in [0.1, 0.15) is 16.8 Å². The monoisotopic (exact) mass is 251 g/mol. The van der Waals surface area contributed by atoms with Crippen LogP contribution in [0.15, 0.2) is 30.3 Å². The molecule has 1 saturated carbocycles. The van der Waals surface area contributed by atoms with Gasteiger partial charge < -0.3 is 5.21 Å². The molecule has 3 rings (SSSR count). The number of likely N-dealkylation sites (tertiary alicyclic amines) is 1. The largest absolute Gasteiger partial charge is 0.625 e. The van der Waals surface area contributed by atoms with Crippen molar-refractivity contribution >= 4 is 17.5 Å². The molecule has 1 aromatic rings. The Bertz CT molecular complexity index is 450. The number of fused-ring (bicyclic) bond motifs is 1. The van der Waals surface area contributed by atoms with Gasteiger partial charge in [-0.05, 0) is 24.5 Å². The van der Waals surface area contributed by atoms with Gasteiger partial charge in [-0.3, -0.25) is 4.65 Å². The highest BCUT2D eigenvalue weighted by molar-refractivity contribution is 6.21. The van der Waals surface area contributed by atoms with Crippen LogP contribution in [0.25, 0.3) is 0 Å². The molecule has 2 fully saturated rings. The van der Waals surface area contributed by atoms with E-state index in [1.165, 1.54) is 0 Å². The minimum absolute atomic E-state index is 0.140. The average molecular weight is 252 g/mol. The number of piperidine rings is 1. The van der Waals surface area contributed by atoms with Gasteiger partial charge >= 0.3 is 5.91 Å². The van der Waals surface area contributed by atoms with E-state index < -0.39 is 4.65 Å². The van der Waals surface area contributed by atoms with Crippen molar-refractivity contribution in [3.8, 4) is 0 Å². The van der Waals surface area contributed by atoms with E-state index in [0.29, 0.717) is 23.9 Å². The van der Waals surface area contributed by atoms with Crippen LogP contribution in [-0.4, -0.2) is 29.0 Å². The number of benzene rings is 1. The predicted molar refractivity (Wildman–Crippen MR) is 65.4 cm³/mol. The van der Waals surface area contributed by atoms with Crippen molar-refractivity contribution in [1.29, 1.82) is 0 Å². The molecule has 2 aliphatic rings. The molecule has 0 radical (unpaired) electrons. The summed E-state index contributed by atoms with van der Waals surface area (Å²) in [4.78, 5) is 12.2. The highest BCUT2D eigenvalue weighted by Crippen LogP contribution is 2.49. The zero-order valence-corrected chi connectivity index (χ0v) is 10.1. The maximum absolute atomic E-state index is 12.6. The Kier molecular flexibility index (Phi) is 2.51. The number of hydroxylamine groups is 3. The first kappa shape index (κ1) is 11.2. The Morgan fingerprint density at radius 3 is 2.65 bits per heavy atom. The van der Waals surface area contributed by atoms with Crippen LogP contribution in [0.5, 0.6) is 0 Å². The van der Waals surface area contributed by atoms with Crippen LogP contribution in [0.4, 0.5) is 0 Å². The van der Waals surface area contributed by atoms with E-state index >= 15 is 0 Å². The zero-order valence-electron chi connectivity index (χ0n) is 9.38. The molecule has 0 N–H and O–H groups in total. The number of quaternary nitrogens is 1. The van der Waals surface area contributed by atoms with Crippen molar-refractivity contribution in [1.82, 2.24) is 0 Å². The van der Waals surface area contributed by atoms with Crippen molar-refractivity contribution in [3.63, 3.8) is 0 Å². The second-order valence-corrected chi connectivity index (χ2v) is 5.66. The minimum atomic E-state index is -0.778. The fourth-order valence-electron chi connectivity index (χ4n) is 2.78. The lowest BCUT2D eigenvalue weighted by Crippen LogP contribution is -2.55. The molecule has 1 aliphatic carbocycles. The van der Waals surface area contributed by atoms with E-state index in [0.717, 1.165) is 6.42 Å². The van der Waals surface area contributed by atoms with Crippen LogP contribution in [0.2, 0.25) is 0 Å². The summed E-state index contributed by atoms with van der Waals surface area (Å²) in [6, 6.07) is 8.79. The van der Waals surface area contributed by atoms with Gasteiger partial charge in [0.15, 0.2) is 0 Å². The number of rotatable bonds is 1. The lowest BCUT2D eigenvalue weighted by atomic mass is 10.1. The van der Waals surface area contributed by atoms with Gasteiger partial charge in [0, 0.05) is 5.92 Å². The summed E-state index contributed by atoms with van der Waals surface area (Å²) < 4.78 is -0.778. The maximum Gasteiger partial charge on any atom is 0.345 e. The third-order valence-electron chi connectivity index (χ3n) is 3.83. The van der Waals surface area contributed by atoms with Crippen LogP contribution in [-0.2, 0) is 0 Å². The first-order valence-electron chi connectivity index (χ1n) is 5.92.